The number of rotatable bonds is 8. The molecule has 1 amide bonds. The second-order valence-electron chi connectivity index (χ2n) is 7.10. The molecule has 1 fully saturated rings. The van der Waals surface area contributed by atoms with Crippen LogP contribution >= 0.6 is 0 Å². The number of hydrogen-bond acceptors (Lipinski definition) is 5. The van der Waals surface area contributed by atoms with Crippen LogP contribution in [-0.4, -0.2) is 47.1 Å². The lowest BCUT2D eigenvalue weighted by Gasteiger charge is -2.32. The molecule has 1 aliphatic heterocycles. The Kier molecular flexibility index (Phi) is 7.51. The predicted molar refractivity (Wildman–Crippen MR) is 107 cm³/mol. The van der Waals surface area contributed by atoms with Crippen molar-refractivity contribution in [2.45, 2.75) is 45.8 Å². The summed E-state index contributed by atoms with van der Waals surface area (Å²) in [5, 5.41) is 0. The number of aryl methyl sites for hydroxylation is 1. The van der Waals surface area contributed by atoms with Crippen molar-refractivity contribution >= 4 is 5.91 Å². The summed E-state index contributed by atoms with van der Waals surface area (Å²) in [5.41, 5.74) is 3.21. The highest BCUT2D eigenvalue weighted by Gasteiger charge is 2.26. The summed E-state index contributed by atoms with van der Waals surface area (Å²) in [5.74, 6) is 1.18. The maximum atomic E-state index is 12.4. The summed E-state index contributed by atoms with van der Waals surface area (Å²) in [6, 6.07) is 9.91. The fraction of sp³-hybridized carbons (Fsp3) is 0.500. The van der Waals surface area contributed by atoms with E-state index in [9.17, 15) is 4.79 Å². The van der Waals surface area contributed by atoms with Gasteiger partial charge in [-0.25, -0.2) is 9.97 Å². The van der Waals surface area contributed by atoms with Gasteiger partial charge in [-0.3, -0.25) is 4.79 Å². The molecule has 0 aliphatic carbocycles. The Morgan fingerprint density at radius 3 is 2.61 bits per heavy atom. The van der Waals surface area contributed by atoms with Gasteiger partial charge in [0.15, 0.2) is 0 Å². The van der Waals surface area contributed by atoms with E-state index in [0.29, 0.717) is 25.7 Å². The van der Waals surface area contributed by atoms with Gasteiger partial charge in [0.25, 0.3) is 0 Å². The molecule has 0 spiro atoms. The van der Waals surface area contributed by atoms with Crippen LogP contribution in [0, 0.1) is 6.92 Å². The molecule has 0 saturated carbocycles. The average molecular weight is 383 g/mol. The highest BCUT2D eigenvalue weighted by atomic mass is 16.5. The average Bonchev–Trinajstić information content (AvgIpc) is 2.73. The summed E-state index contributed by atoms with van der Waals surface area (Å²) in [7, 11) is 0. The predicted octanol–water partition coefficient (Wildman–Crippen LogP) is 3.24. The Morgan fingerprint density at radius 2 is 1.89 bits per heavy atom. The van der Waals surface area contributed by atoms with Crippen LogP contribution in [0.3, 0.4) is 0 Å². The summed E-state index contributed by atoms with van der Waals surface area (Å²) >= 11 is 0. The van der Waals surface area contributed by atoms with Gasteiger partial charge in [0.2, 0.25) is 5.91 Å². The maximum absolute atomic E-state index is 12.4. The Hall–Kier alpha value is -2.31. The minimum Gasteiger partial charge on any atom is -0.377 e. The molecule has 6 heteroatoms. The fourth-order valence-corrected chi connectivity index (χ4v) is 3.51. The number of nitrogens with zero attached hydrogens (tertiary/aromatic N) is 3. The number of carbonyl (C=O) groups is 1. The van der Waals surface area contributed by atoms with Crippen molar-refractivity contribution in [1.29, 1.82) is 0 Å². The molecule has 6 nitrogen and oxygen atoms in total. The number of likely N-dealkylation sites (tertiary alicyclic amines) is 1. The van der Waals surface area contributed by atoms with Crippen molar-refractivity contribution in [2.75, 3.05) is 26.3 Å². The van der Waals surface area contributed by atoms with Gasteiger partial charge in [-0.05, 0) is 32.3 Å². The molecule has 1 aromatic carbocycles. The van der Waals surface area contributed by atoms with Gasteiger partial charge in [0, 0.05) is 37.4 Å². The zero-order valence-corrected chi connectivity index (χ0v) is 16.8. The van der Waals surface area contributed by atoms with E-state index in [1.54, 1.807) is 0 Å². The van der Waals surface area contributed by atoms with E-state index < -0.39 is 0 Å². The van der Waals surface area contributed by atoms with Gasteiger partial charge in [0.05, 0.1) is 18.9 Å². The zero-order chi connectivity index (χ0) is 19.8. The highest BCUT2D eigenvalue weighted by Crippen LogP contribution is 2.29. The Bertz CT molecular complexity index is 759. The normalized spacial score (nSPS) is 15.0. The van der Waals surface area contributed by atoms with Gasteiger partial charge in [-0.15, -0.1) is 0 Å². The van der Waals surface area contributed by atoms with E-state index >= 15 is 0 Å². The van der Waals surface area contributed by atoms with Crippen molar-refractivity contribution in [3.8, 4) is 0 Å². The van der Waals surface area contributed by atoms with Crippen LogP contribution in [0.2, 0.25) is 0 Å². The third kappa shape index (κ3) is 5.59. The van der Waals surface area contributed by atoms with Crippen LogP contribution in [-0.2, 0) is 27.5 Å². The third-order valence-corrected chi connectivity index (χ3v) is 5.05. The van der Waals surface area contributed by atoms with E-state index in [1.807, 2.05) is 55.3 Å². The number of benzene rings is 1. The molecule has 0 N–H and O–H groups in total. The topological polar surface area (TPSA) is 64.6 Å². The second kappa shape index (κ2) is 10.3. The first-order chi connectivity index (χ1) is 13.7. The van der Waals surface area contributed by atoms with Crippen LogP contribution < -0.4 is 0 Å². The summed E-state index contributed by atoms with van der Waals surface area (Å²) in [6.45, 7) is 7.16. The Morgan fingerprint density at radius 1 is 1.14 bits per heavy atom. The summed E-state index contributed by atoms with van der Waals surface area (Å²) in [6.07, 6.45) is 3.68. The third-order valence-electron chi connectivity index (χ3n) is 5.05. The molecule has 0 bridgehead atoms. The molecule has 150 valence electrons. The molecule has 3 rings (SSSR count). The molecule has 1 aliphatic rings. The monoisotopic (exact) mass is 383 g/mol. The van der Waals surface area contributed by atoms with Crippen molar-refractivity contribution in [3.63, 3.8) is 0 Å². The fourth-order valence-electron chi connectivity index (χ4n) is 3.51. The first-order valence-electron chi connectivity index (χ1n) is 9.97. The smallest absolute Gasteiger partial charge is 0.248 e. The van der Waals surface area contributed by atoms with Crippen molar-refractivity contribution < 1.29 is 14.3 Å². The quantitative estimate of drug-likeness (QED) is 0.700. The summed E-state index contributed by atoms with van der Waals surface area (Å²) < 4.78 is 11.2. The number of piperidine rings is 1. The molecule has 2 aromatic rings. The molecule has 28 heavy (non-hydrogen) atoms. The molecular formula is C22H29N3O3. The molecule has 0 atom stereocenters. The van der Waals surface area contributed by atoms with Gasteiger partial charge in [-0.1, -0.05) is 30.3 Å². The number of ether oxygens (including phenoxy) is 2. The Balaban J connectivity index is 1.50. The summed E-state index contributed by atoms with van der Waals surface area (Å²) in [4.78, 5) is 23.4. The van der Waals surface area contributed by atoms with E-state index in [0.717, 1.165) is 48.6 Å². The SMILES string of the molecule is CCOCc1cnc(C)nc1C1CCN(C(=O)COCc2ccccc2)CC1. The van der Waals surface area contributed by atoms with Crippen LogP contribution in [0.15, 0.2) is 36.5 Å². The highest BCUT2D eigenvalue weighted by molar-refractivity contribution is 5.77. The molecule has 0 unspecified atom stereocenters. The van der Waals surface area contributed by atoms with Crippen LogP contribution in [0.4, 0.5) is 0 Å². The molecular weight excluding hydrogens is 354 g/mol. The number of aromatic nitrogens is 2. The molecule has 1 aromatic heterocycles. The second-order valence-corrected chi connectivity index (χ2v) is 7.10. The van der Waals surface area contributed by atoms with Crippen molar-refractivity contribution in [2.24, 2.45) is 0 Å². The van der Waals surface area contributed by atoms with Crippen LogP contribution in [0.1, 0.15) is 48.3 Å². The zero-order valence-electron chi connectivity index (χ0n) is 16.8. The Labute approximate surface area is 166 Å². The van der Waals surface area contributed by atoms with Crippen molar-refractivity contribution in [3.05, 3.63) is 59.2 Å². The van der Waals surface area contributed by atoms with Crippen LogP contribution in [0.25, 0.3) is 0 Å². The minimum absolute atomic E-state index is 0.0581. The number of hydrogen-bond donors (Lipinski definition) is 0. The van der Waals surface area contributed by atoms with E-state index in [2.05, 4.69) is 9.97 Å². The molecule has 0 radical (unpaired) electrons. The molecule has 1 saturated heterocycles. The van der Waals surface area contributed by atoms with E-state index in [1.165, 1.54) is 0 Å². The largest absolute Gasteiger partial charge is 0.377 e. The maximum Gasteiger partial charge on any atom is 0.248 e. The van der Waals surface area contributed by atoms with Crippen molar-refractivity contribution in [1.82, 2.24) is 14.9 Å². The first-order valence-corrected chi connectivity index (χ1v) is 9.97. The van der Waals surface area contributed by atoms with Gasteiger partial charge < -0.3 is 14.4 Å². The number of carbonyl (C=O) groups excluding carboxylic acids is 1. The van der Waals surface area contributed by atoms with E-state index in [-0.39, 0.29) is 12.5 Å². The number of amides is 1. The lowest BCUT2D eigenvalue weighted by Crippen LogP contribution is -2.40. The van der Waals surface area contributed by atoms with Gasteiger partial charge in [-0.2, -0.15) is 0 Å². The van der Waals surface area contributed by atoms with Gasteiger partial charge >= 0.3 is 0 Å². The first kappa shape index (κ1) is 20.4. The standard InChI is InChI=1S/C22H29N3O3/c1-3-27-15-20-13-23-17(2)24-22(20)19-9-11-25(12-10-19)21(26)16-28-14-18-7-5-4-6-8-18/h4-8,13,19H,3,9-12,14-16H2,1-2H3. The van der Waals surface area contributed by atoms with Crippen LogP contribution in [0.5, 0.6) is 0 Å². The lowest BCUT2D eigenvalue weighted by atomic mass is 9.91. The van der Waals surface area contributed by atoms with Gasteiger partial charge in [0.1, 0.15) is 12.4 Å². The van der Waals surface area contributed by atoms with E-state index in [4.69, 9.17) is 9.47 Å². The minimum atomic E-state index is 0.0581. The molecule has 2 heterocycles. The lowest BCUT2D eigenvalue weighted by molar-refractivity contribution is -0.137.